The monoisotopic (exact) mass is 646 g/mol. The van der Waals surface area contributed by atoms with Gasteiger partial charge in [0, 0.05) is 49.1 Å². The summed E-state index contributed by atoms with van der Waals surface area (Å²) < 4.78 is 74.6. The van der Waals surface area contributed by atoms with Crippen molar-refractivity contribution in [2.24, 2.45) is 5.41 Å². The summed E-state index contributed by atoms with van der Waals surface area (Å²) in [6, 6.07) is 5.10. The Morgan fingerprint density at radius 2 is 1.85 bits per heavy atom. The van der Waals surface area contributed by atoms with Crippen molar-refractivity contribution in [1.82, 2.24) is 29.6 Å². The van der Waals surface area contributed by atoms with Crippen molar-refractivity contribution < 1.29 is 41.2 Å². The summed E-state index contributed by atoms with van der Waals surface area (Å²) in [5, 5.41) is 20.8. The van der Waals surface area contributed by atoms with Gasteiger partial charge in [0.05, 0.1) is 41.7 Å². The molecule has 0 atom stereocenters. The van der Waals surface area contributed by atoms with Crippen LogP contribution < -0.4 is 10.2 Å². The predicted molar refractivity (Wildman–Crippen MR) is 150 cm³/mol. The van der Waals surface area contributed by atoms with Gasteiger partial charge in [-0.15, -0.1) is 0 Å². The summed E-state index contributed by atoms with van der Waals surface area (Å²) >= 11 is 0. The molecule has 46 heavy (non-hydrogen) atoms. The number of aliphatic hydroxyl groups is 1. The number of carbonyl (C=O) groups excluding carboxylic acids is 2. The number of hydrogen-bond donors (Lipinski definition) is 2. The zero-order valence-electron chi connectivity index (χ0n) is 24.5. The first kappa shape index (κ1) is 30.0. The van der Waals surface area contributed by atoms with Crippen LogP contribution in [-0.4, -0.2) is 90.7 Å². The van der Waals surface area contributed by atoms with Gasteiger partial charge in [-0.2, -0.15) is 18.9 Å². The van der Waals surface area contributed by atoms with Gasteiger partial charge in [0.2, 0.25) is 11.5 Å². The van der Waals surface area contributed by atoms with Crippen molar-refractivity contribution in [2.45, 2.75) is 50.3 Å². The number of likely N-dealkylation sites (tertiary alicyclic amines) is 1. The number of rotatable bonds is 7. The molecule has 0 bridgehead atoms. The van der Waals surface area contributed by atoms with Gasteiger partial charge in [-0.1, -0.05) is 5.16 Å². The summed E-state index contributed by atoms with van der Waals surface area (Å²) in [5.74, 6) is -6.18. The van der Waals surface area contributed by atoms with E-state index in [9.17, 15) is 32.3 Å². The zero-order chi connectivity index (χ0) is 32.8. The first-order valence-corrected chi connectivity index (χ1v) is 14.3. The van der Waals surface area contributed by atoms with Crippen LogP contribution in [0.1, 0.15) is 41.7 Å². The molecule has 2 N–H and O–H groups in total. The maximum Gasteiger partial charge on any atom is 0.322 e. The minimum Gasteiger partial charge on any atom is -0.384 e. The maximum absolute atomic E-state index is 15.2. The third-order valence-corrected chi connectivity index (χ3v) is 8.88. The maximum atomic E-state index is 15.2. The molecule has 12 nitrogen and oxygen atoms in total. The van der Waals surface area contributed by atoms with Crippen molar-refractivity contribution >= 4 is 28.7 Å². The van der Waals surface area contributed by atoms with Crippen LogP contribution in [0.25, 0.3) is 16.9 Å². The van der Waals surface area contributed by atoms with E-state index < -0.39 is 54.4 Å². The Labute approximate surface area is 257 Å². The number of fused-ring (bicyclic) bond motifs is 1. The van der Waals surface area contributed by atoms with Crippen LogP contribution in [0.3, 0.4) is 0 Å². The molecule has 2 amide bonds. The fourth-order valence-corrected chi connectivity index (χ4v) is 6.52. The number of aryl methyl sites for hydroxylation is 1. The number of halogens is 5. The Bertz CT molecular complexity index is 1870. The van der Waals surface area contributed by atoms with Crippen molar-refractivity contribution in [3.05, 3.63) is 53.9 Å². The summed E-state index contributed by atoms with van der Waals surface area (Å²) in [7, 11) is 0. The lowest BCUT2D eigenvalue weighted by atomic mass is 9.55. The van der Waals surface area contributed by atoms with E-state index in [4.69, 9.17) is 4.52 Å². The highest BCUT2D eigenvalue weighted by atomic mass is 19.3. The number of nitrogens with zero attached hydrogens (tertiary/aromatic N) is 7. The normalized spacial score (nSPS) is 19.6. The molecule has 3 fully saturated rings. The molecule has 242 valence electrons. The third-order valence-electron chi connectivity index (χ3n) is 8.88. The van der Waals surface area contributed by atoms with Crippen molar-refractivity contribution in [3.8, 4) is 11.4 Å². The molecule has 2 saturated heterocycles. The molecule has 1 aliphatic carbocycles. The standard InChI is InChI=1S/C29H27F5N8O4/c1-15-19(5-16(7-35-15)21-38-24(46-39-21)28(34)13-41(14-28)25(44)26(2,32)33)37-22(43)18-8-36-42-4-3-17(6-20(18)42)40-11-27(12-40)9-29(45,10-27)23(30)31/h3-8,23,45H,9-14H2,1-2H3,(H,37,43). The molecule has 4 aromatic rings. The predicted octanol–water partition coefficient (Wildman–Crippen LogP) is 3.60. The number of amides is 2. The van der Waals surface area contributed by atoms with E-state index in [1.807, 2.05) is 11.0 Å². The van der Waals surface area contributed by atoms with E-state index in [0.29, 0.717) is 41.8 Å². The molecule has 6 heterocycles. The topological polar surface area (TPSA) is 142 Å². The van der Waals surface area contributed by atoms with E-state index in [1.165, 1.54) is 23.0 Å². The van der Waals surface area contributed by atoms with Gasteiger partial charge in [0.1, 0.15) is 5.60 Å². The number of pyridine rings is 2. The highest BCUT2D eigenvalue weighted by molar-refractivity contribution is 6.09. The number of nitrogens with one attached hydrogen (secondary N) is 1. The molecule has 1 spiro atoms. The first-order valence-electron chi connectivity index (χ1n) is 14.3. The second kappa shape index (κ2) is 9.91. The van der Waals surface area contributed by atoms with Crippen LogP contribution >= 0.6 is 0 Å². The smallest absolute Gasteiger partial charge is 0.322 e. The molecular weight excluding hydrogens is 619 g/mol. The van der Waals surface area contributed by atoms with Gasteiger partial charge in [-0.25, -0.2) is 17.7 Å². The molecule has 2 aliphatic heterocycles. The SMILES string of the molecule is Cc1ncc(-c2noc(C3(F)CN(C(=O)C(C)(F)F)C3)n2)cc1NC(=O)c1cnn2ccc(N3CC4(C3)CC(O)(C(F)F)C4)cc12. The van der Waals surface area contributed by atoms with Crippen LogP contribution in [0.2, 0.25) is 0 Å². The third kappa shape index (κ3) is 4.83. The average molecular weight is 647 g/mol. The Morgan fingerprint density at radius 1 is 1.13 bits per heavy atom. The first-order chi connectivity index (χ1) is 21.6. The number of carbonyl (C=O) groups is 2. The molecule has 17 heteroatoms. The van der Waals surface area contributed by atoms with E-state index in [0.717, 1.165) is 5.69 Å². The molecule has 0 unspecified atom stereocenters. The molecule has 7 rings (SSSR count). The number of aromatic nitrogens is 5. The summed E-state index contributed by atoms with van der Waals surface area (Å²) in [5.41, 5.74) is -2.00. The second-order valence-corrected chi connectivity index (χ2v) is 12.6. The van der Waals surface area contributed by atoms with Crippen LogP contribution in [-0.2, 0) is 10.5 Å². The average Bonchev–Trinajstić information content (AvgIpc) is 3.60. The highest BCUT2D eigenvalue weighted by Crippen LogP contribution is 2.57. The molecule has 0 aromatic carbocycles. The fourth-order valence-electron chi connectivity index (χ4n) is 6.52. The van der Waals surface area contributed by atoms with Crippen molar-refractivity contribution in [2.75, 3.05) is 36.4 Å². The zero-order valence-corrected chi connectivity index (χ0v) is 24.5. The minimum atomic E-state index is -3.63. The molecular formula is C29H27F5N8O4. The summed E-state index contributed by atoms with van der Waals surface area (Å²) in [6.07, 6.45) is 1.80. The van der Waals surface area contributed by atoms with Crippen LogP contribution in [0.15, 0.2) is 41.3 Å². The van der Waals surface area contributed by atoms with Crippen LogP contribution in [0.4, 0.5) is 33.3 Å². The number of alkyl halides is 5. The van der Waals surface area contributed by atoms with E-state index in [1.54, 1.807) is 19.2 Å². The molecule has 4 aromatic heterocycles. The lowest BCUT2D eigenvalue weighted by Gasteiger charge is -2.62. The van der Waals surface area contributed by atoms with E-state index in [2.05, 4.69) is 25.5 Å². The molecule has 3 aliphatic rings. The molecule has 0 radical (unpaired) electrons. The van der Waals surface area contributed by atoms with Gasteiger partial charge >= 0.3 is 5.92 Å². The van der Waals surface area contributed by atoms with Crippen molar-refractivity contribution in [1.29, 1.82) is 0 Å². The van der Waals surface area contributed by atoms with Crippen LogP contribution in [0, 0.1) is 12.3 Å². The fraction of sp³-hybridized carbons (Fsp3) is 0.448. The van der Waals surface area contributed by atoms with Gasteiger partial charge in [-0.3, -0.25) is 14.6 Å². The number of anilines is 2. The van der Waals surface area contributed by atoms with Gasteiger partial charge in [0.15, 0.2) is 0 Å². The van der Waals surface area contributed by atoms with Gasteiger partial charge < -0.3 is 24.7 Å². The van der Waals surface area contributed by atoms with Crippen molar-refractivity contribution in [3.63, 3.8) is 0 Å². The summed E-state index contributed by atoms with van der Waals surface area (Å²) in [6.45, 7) is 1.80. The van der Waals surface area contributed by atoms with E-state index >= 15 is 4.39 Å². The van der Waals surface area contributed by atoms with Crippen LogP contribution in [0.5, 0.6) is 0 Å². The minimum absolute atomic E-state index is 0.0447. The number of hydrogen-bond acceptors (Lipinski definition) is 9. The lowest BCUT2D eigenvalue weighted by molar-refractivity contribution is -0.209. The Balaban J connectivity index is 1.05. The summed E-state index contributed by atoms with van der Waals surface area (Å²) in [4.78, 5) is 36.1. The van der Waals surface area contributed by atoms with E-state index in [-0.39, 0.29) is 35.2 Å². The quantitative estimate of drug-likeness (QED) is 0.288. The Kier molecular flexibility index (Phi) is 6.47. The second-order valence-electron chi connectivity index (χ2n) is 12.6. The largest absolute Gasteiger partial charge is 0.384 e. The highest BCUT2D eigenvalue weighted by Gasteiger charge is 2.63. The Hall–Kier alpha value is -4.67. The molecule has 1 saturated carbocycles. The van der Waals surface area contributed by atoms with Gasteiger partial charge in [-0.05, 0) is 38.0 Å². The lowest BCUT2D eigenvalue weighted by Crippen LogP contribution is -2.70. The van der Waals surface area contributed by atoms with Gasteiger partial charge in [0.25, 0.3) is 24.1 Å². The Morgan fingerprint density at radius 3 is 2.52 bits per heavy atom.